The number of ether oxygens (including phenoxy) is 1. The molecule has 0 saturated carbocycles. The van der Waals surface area contributed by atoms with Crippen LogP contribution in [0.3, 0.4) is 0 Å². The summed E-state index contributed by atoms with van der Waals surface area (Å²) in [6.07, 6.45) is 0.574. The van der Waals surface area contributed by atoms with Crippen LogP contribution in [0.15, 0.2) is 46.2 Å². The second-order valence-electron chi connectivity index (χ2n) is 7.81. The average molecular weight is 480 g/mol. The first-order valence-corrected chi connectivity index (χ1v) is 13.1. The van der Waals surface area contributed by atoms with Crippen molar-refractivity contribution in [1.82, 2.24) is 4.31 Å². The van der Waals surface area contributed by atoms with Crippen molar-refractivity contribution in [1.29, 1.82) is 0 Å². The molecule has 0 unspecified atom stereocenters. The maximum Gasteiger partial charge on any atom is 0.261 e. The van der Waals surface area contributed by atoms with Crippen molar-refractivity contribution in [3.8, 4) is 0 Å². The molecule has 2 aromatic rings. The number of anilines is 2. The number of nitrogens with zero attached hydrogens (tertiary/aromatic N) is 2. The Hall–Kier alpha value is -2.47. The molecule has 0 bridgehead atoms. The fourth-order valence-electron chi connectivity index (χ4n) is 3.95. The number of rotatable bonds is 5. The molecule has 4 rings (SSSR count). The first-order valence-electron chi connectivity index (χ1n) is 10.2. The minimum Gasteiger partial charge on any atom is -0.379 e. The predicted octanol–water partition coefficient (Wildman–Crippen LogP) is 1.73. The van der Waals surface area contributed by atoms with Crippen molar-refractivity contribution in [2.75, 3.05) is 42.5 Å². The highest BCUT2D eigenvalue weighted by molar-refractivity contribution is 7.92. The molecule has 9 nitrogen and oxygen atoms in total. The molecule has 0 aliphatic carbocycles. The van der Waals surface area contributed by atoms with Gasteiger partial charge in [0.25, 0.3) is 10.0 Å². The van der Waals surface area contributed by atoms with Crippen LogP contribution in [0, 0.1) is 6.92 Å². The predicted molar refractivity (Wildman–Crippen MR) is 120 cm³/mol. The Balaban J connectivity index is 1.62. The smallest absolute Gasteiger partial charge is 0.261 e. The van der Waals surface area contributed by atoms with E-state index in [2.05, 4.69) is 4.72 Å². The summed E-state index contributed by atoms with van der Waals surface area (Å²) in [7, 11) is -7.73. The molecule has 2 aliphatic heterocycles. The fourth-order valence-corrected chi connectivity index (χ4v) is 6.71. The molecule has 0 spiro atoms. The third-order valence-corrected chi connectivity index (χ3v) is 9.08. The Bertz CT molecular complexity index is 1270. The summed E-state index contributed by atoms with van der Waals surface area (Å²) in [4.78, 5) is 13.5. The SMILES string of the molecule is CC(=O)N1CCc2cc(S(=O)(=O)Nc3ccc(C)c(S(=O)(=O)N4CCOCC4)c3)ccc21. The van der Waals surface area contributed by atoms with Gasteiger partial charge in [-0.2, -0.15) is 4.31 Å². The van der Waals surface area contributed by atoms with E-state index in [0.29, 0.717) is 37.4 Å². The van der Waals surface area contributed by atoms with Gasteiger partial charge in [0, 0.05) is 32.2 Å². The summed E-state index contributed by atoms with van der Waals surface area (Å²) in [6, 6.07) is 9.10. The second-order valence-corrected chi connectivity index (χ2v) is 11.4. The van der Waals surface area contributed by atoms with Gasteiger partial charge in [-0.1, -0.05) is 6.07 Å². The molecule has 2 aliphatic rings. The van der Waals surface area contributed by atoms with E-state index in [1.165, 1.54) is 29.4 Å². The number of carbonyl (C=O) groups excluding carboxylic acids is 1. The molecule has 32 heavy (non-hydrogen) atoms. The largest absolute Gasteiger partial charge is 0.379 e. The number of hydrogen-bond donors (Lipinski definition) is 1. The Kier molecular flexibility index (Phi) is 6.01. The van der Waals surface area contributed by atoms with E-state index in [0.717, 1.165) is 5.56 Å². The van der Waals surface area contributed by atoms with Crippen molar-refractivity contribution in [3.63, 3.8) is 0 Å². The zero-order valence-corrected chi connectivity index (χ0v) is 19.5. The van der Waals surface area contributed by atoms with Gasteiger partial charge in [0.2, 0.25) is 15.9 Å². The summed E-state index contributed by atoms with van der Waals surface area (Å²) in [5.74, 6) is -0.0915. The number of morpholine rings is 1. The number of sulfonamides is 2. The van der Waals surface area contributed by atoms with E-state index in [9.17, 15) is 21.6 Å². The number of nitrogens with one attached hydrogen (secondary N) is 1. The van der Waals surface area contributed by atoms with E-state index in [-0.39, 0.29) is 34.5 Å². The van der Waals surface area contributed by atoms with Gasteiger partial charge in [-0.15, -0.1) is 0 Å². The van der Waals surface area contributed by atoms with Gasteiger partial charge < -0.3 is 9.64 Å². The Labute approximate surface area is 188 Å². The van der Waals surface area contributed by atoms with Crippen LogP contribution in [0.4, 0.5) is 11.4 Å². The van der Waals surface area contributed by atoms with Crippen LogP contribution < -0.4 is 9.62 Å². The van der Waals surface area contributed by atoms with Crippen LogP contribution >= 0.6 is 0 Å². The van der Waals surface area contributed by atoms with Crippen LogP contribution in [0.5, 0.6) is 0 Å². The molecule has 172 valence electrons. The number of benzene rings is 2. The number of carbonyl (C=O) groups is 1. The van der Waals surface area contributed by atoms with Gasteiger partial charge in [-0.3, -0.25) is 9.52 Å². The van der Waals surface area contributed by atoms with Crippen LogP contribution in [-0.2, 0) is 36.0 Å². The lowest BCUT2D eigenvalue weighted by Gasteiger charge is -2.27. The molecule has 1 N–H and O–H groups in total. The van der Waals surface area contributed by atoms with E-state index in [1.807, 2.05) is 0 Å². The molecule has 1 amide bonds. The molecular formula is C21H25N3O6S2. The van der Waals surface area contributed by atoms with Crippen molar-refractivity contribution in [2.45, 2.75) is 30.1 Å². The lowest BCUT2D eigenvalue weighted by molar-refractivity contribution is -0.116. The van der Waals surface area contributed by atoms with Gasteiger partial charge in [0.15, 0.2) is 0 Å². The summed E-state index contributed by atoms with van der Waals surface area (Å²) >= 11 is 0. The van der Waals surface area contributed by atoms with Crippen LogP contribution in [0.1, 0.15) is 18.1 Å². The summed E-state index contributed by atoms with van der Waals surface area (Å²) in [5.41, 5.74) is 2.18. The standard InChI is InChI=1S/C21H25N3O6S2/c1-15-3-4-18(14-21(15)32(28,29)23-9-11-30-12-10-23)22-31(26,27)19-5-6-20-17(13-19)7-8-24(20)16(2)25/h3-6,13-14,22H,7-12H2,1-2H3. The highest BCUT2D eigenvalue weighted by Gasteiger charge is 2.29. The summed E-state index contributed by atoms with van der Waals surface area (Å²) in [6.45, 7) is 4.82. The number of hydrogen-bond acceptors (Lipinski definition) is 6. The summed E-state index contributed by atoms with van der Waals surface area (Å²) < 4.78 is 61.2. The van der Waals surface area contributed by atoms with Crippen molar-refractivity contribution < 1.29 is 26.4 Å². The van der Waals surface area contributed by atoms with Gasteiger partial charge >= 0.3 is 0 Å². The number of amides is 1. The maximum atomic E-state index is 13.1. The molecule has 2 heterocycles. The lowest BCUT2D eigenvalue weighted by atomic mass is 10.2. The third kappa shape index (κ3) is 4.25. The van der Waals surface area contributed by atoms with E-state index >= 15 is 0 Å². The van der Waals surface area contributed by atoms with Crippen LogP contribution in [0.2, 0.25) is 0 Å². The van der Waals surface area contributed by atoms with E-state index < -0.39 is 20.0 Å². The normalized spacial score (nSPS) is 17.2. The van der Waals surface area contributed by atoms with Gasteiger partial charge in [0.1, 0.15) is 0 Å². The molecule has 0 atom stereocenters. The van der Waals surface area contributed by atoms with Gasteiger partial charge in [-0.05, 0) is 54.8 Å². The first kappa shape index (κ1) is 22.7. The van der Waals surface area contributed by atoms with E-state index in [1.54, 1.807) is 30.0 Å². The molecule has 0 aromatic heterocycles. The molecule has 2 aromatic carbocycles. The van der Waals surface area contributed by atoms with Gasteiger partial charge in [-0.25, -0.2) is 16.8 Å². The average Bonchev–Trinajstić information content (AvgIpc) is 3.19. The molecule has 11 heteroatoms. The van der Waals surface area contributed by atoms with Crippen LogP contribution in [-0.4, -0.2) is 59.9 Å². The topological polar surface area (TPSA) is 113 Å². The quantitative estimate of drug-likeness (QED) is 0.699. The van der Waals surface area contributed by atoms with Gasteiger partial charge in [0.05, 0.1) is 28.7 Å². The highest BCUT2D eigenvalue weighted by Crippen LogP contribution is 2.31. The number of fused-ring (bicyclic) bond motifs is 1. The second kappa shape index (κ2) is 8.47. The number of aryl methyl sites for hydroxylation is 1. The van der Waals surface area contributed by atoms with E-state index in [4.69, 9.17) is 4.74 Å². The zero-order chi connectivity index (χ0) is 23.1. The Morgan fingerprint density at radius 3 is 2.41 bits per heavy atom. The van der Waals surface area contributed by atoms with Crippen molar-refractivity contribution in [3.05, 3.63) is 47.5 Å². The highest BCUT2D eigenvalue weighted by atomic mass is 32.2. The Morgan fingerprint density at radius 2 is 1.72 bits per heavy atom. The minimum atomic E-state index is -3.95. The summed E-state index contributed by atoms with van der Waals surface area (Å²) in [5, 5.41) is 0. The van der Waals surface area contributed by atoms with Crippen molar-refractivity contribution in [2.24, 2.45) is 0 Å². The molecule has 1 fully saturated rings. The van der Waals surface area contributed by atoms with Crippen molar-refractivity contribution >= 4 is 37.3 Å². The molecular weight excluding hydrogens is 454 g/mol. The maximum absolute atomic E-state index is 13.1. The Morgan fingerprint density at radius 1 is 1.00 bits per heavy atom. The minimum absolute atomic E-state index is 0.0554. The monoisotopic (exact) mass is 479 g/mol. The molecule has 0 radical (unpaired) electrons. The van der Waals surface area contributed by atoms with Crippen LogP contribution in [0.25, 0.3) is 0 Å². The first-order chi connectivity index (χ1) is 15.1. The molecule has 1 saturated heterocycles. The lowest BCUT2D eigenvalue weighted by Crippen LogP contribution is -2.40. The fraction of sp³-hybridized carbons (Fsp3) is 0.381. The zero-order valence-electron chi connectivity index (χ0n) is 17.9. The third-order valence-electron chi connectivity index (χ3n) is 5.67.